The van der Waals surface area contributed by atoms with E-state index in [4.69, 9.17) is 0 Å². The quantitative estimate of drug-likeness (QED) is 0.761. The fraction of sp³-hybridized carbons (Fsp3) is 0.143. The maximum atomic E-state index is 12.5. The normalized spacial score (nSPS) is 12.0. The van der Waals surface area contributed by atoms with Crippen LogP contribution < -0.4 is 0 Å². The van der Waals surface area contributed by atoms with E-state index in [2.05, 4.69) is 10.2 Å². The summed E-state index contributed by atoms with van der Waals surface area (Å²) in [7, 11) is 0. The molecule has 0 bridgehead atoms. The predicted octanol–water partition coefficient (Wildman–Crippen LogP) is 5.13. The van der Waals surface area contributed by atoms with Crippen LogP contribution in [0.15, 0.2) is 52.7 Å². The smallest absolute Gasteiger partial charge is 0.416 e. The number of rotatable bonds is 2. The van der Waals surface area contributed by atoms with Crippen molar-refractivity contribution in [1.82, 2.24) is 0 Å². The second-order valence-corrected chi connectivity index (χ2v) is 4.22. The molecule has 0 aliphatic heterocycles. The fourth-order valence-corrected chi connectivity index (χ4v) is 1.61. The van der Waals surface area contributed by atoms with Gasteiger partial charge in [-0.25, -0.2) is 0 Å². The third kappa shape index (κ3) is 3.34. The van der Waals surface area contributed by atoms with Crippen LogP contribution >= 0.6 is 0 Å². The molecule has 20 heavy (non-hydrogen) atoms. The van der Waals surface area contributed by atoms with Crippen LogP contribution in [0.1, 0.15) is 11.1 Å². The first-order valence-electron chi connectivity index (χ1n) is 5.75. The molecule has 6 heteroatoms. The minimum Gasteiger partial charge on any atom is -0.508 e. The van der Waals surface area contributed by atoms with Gasteiger partial charge in [-0.05, 0) is 48.9 Å². The highest BCUT2D eigenvalue weighted by Gasteiger charge is 2.30. The van der Waals surface area contributed by atoms with Gasteiger partial charge in [0.25, 0.3) is 0 Å². The average Bonchev–Trinajstić information content (AvgIpc) is 2.37. The molecule has 0 amide bonds. The van der Waals surface area contributed by atoms with E-state index in [1.807, 2.05) is 0 Å². The highest BCUT2D eigenvalue weighted by atomic mass is 19.4. The van der Waals surface area contributed by atoms with Gasteiger partial charge in [0.2, 0.25) is 0 Å². The number of phenols is 1. The molecule has 0 saturated heterocycles. The Labute approximate surface area is 113 Å². The van der Waals surface area contributed by atoms with Gasteiger partial charge in [-0.15, -0.1) is 0 Å². The summed E-state index contributed by atoms with van der Waals surface area (Å²) in [6.07, 6.45) is -4.40. The molecule has 2 aromatic rings. The van der Waals surface area contributed by atoms with E-state index < -0.39 is 11.7 Å². The van der Waals surface area contributed by atoms with Crippen LogP contribution in [0.25, 0.3) is 0 Å². The molecule has 1 N–H and O–H groups in total. The largest absolute Gasteiger partial charge is 0.508 e. The summed E-state index contributed by atoms with van der Waals surface area (Å²) in [5.41, 5.74) is 0.518. The minimum absolute atomic E-state index is 0.0977. The van der Waals surface area contributed by atoms with Crippen molar-refractivity contribution in [3.63, 3.8) is 0 Å². The van der Waals surface area contributed by atoms with Gasteiger partial charge in [-0.3, -0.25) is 0 Å². The molecular formula is C14H11F3N2O. The summed E-state index contributed by atoms with van der Waals surface area (Å²) in [6.45, 7) is 1.72. The van der Waals surface area contributed by atoms with E-state index in [9.17, 15) is 18.3 Å². The Bertz CT molecular complexity index is 651. The second kappa shape index (κ2) is 5.32. The Morgan fingerprint density at radius 1 is 1.00 bits per heavy atom. The lowest BCUT2D eigenvalue weighted by Gasteiger charge is -2.06. The highest BCUT2D eigenvalue weighted by molar-refractivity contribution is 5.49. The van der Waals surface area contributed by atoms with Gasteiger partial charge in [-0.1, -0.05) is 6.07 Å². The zero-order valence-corrected chi connectivity index (χ0v) is 10.5. The first-order valence-corrected chi connectivity index (χ1v) is 5.75. The summed E-state index contributed by atoms with van der Waals surface area (Å²) in [6, 6.07) is 9.11. The maximum Gasteiger partial charge on any atom is 0.416 e. The topological polar surface area (TPSA) is 45.0 Å². The van der Waals surface area contributed by atoms with Crippen molar-refractivity contribution in [3.8, 4) is 5.75 Å². The van der Waals surface area contributed by atoms with Crippen molar-refractivity contribution < 1.29 is 18.3 Å². The van der Waals surface area contributed by atoms with Gasteiger partial charge < -0.3 is 5.11 Å². The molecule has 0 heterocycles. The summed E-state index contributed by atoms with van der Waals surface area (Å²) < 4.78 is 37.6. The second-order valence-electron chi connectivity index (χ2n) is 4.22. The number of hydrogen-bond donors (Lipinski definition) is 1. The number of aromatic hydroxyl groups is 1. The predicted molar refractivity (Wildman–Crippen MR) is 68.5 cm³/mol. The molecule has 2 rings (SSSR count). The molecule has 0 spiro atoms. The Balaban J connectivity index is 2.28. The zero-order chi connectivity index (χ0) is 14.8. The van der Waals surface area contributed by atoms with E-state index >= 15 is 0 Å². The summed E-state index contributed by atoms with van der Waals surface area (Å²) in [4.78, 5) is 0. The van der Waals surface area contributed by atoms with Gasteiger partial charge in [0, 0.05) is 0 Å². The number of halogens is 3. The van der Waals surface area contributed by atoms with Crippen molar-refractivity contribution in [2.24, 2.45) is 10.2 Å². The standard InChI is InChI=1S/C14H11F3N2O/c1-9-7-12(20)5-6-13(9)19-18-11-4-2-3-10(8-11)14(15,16)17/h2-8,20H,1H3. The molecule has 2 aromatic carbocycles. The van der Waals surface area contributed by atoms with Gasteiger partial charge >= 0.3 is 6.18 Å². The lowest BCUT2D eigenvalue weighted by atomic mass is 10.2. The van der Waals surface area contributed by atoms with Crippen molar-refractivity contribution in [1.29, 1.82) is 0 Å². The van der Waals surface area contributed by atoms with Crippen molar-refractivity contribution in [2.75, 3.05) is 0 Å². The molecule has 0 fully saturated rings. The first kappa shape index (κ1) is 14.0. The summed E-state index contributed by atoms with van der Waals surface area (Å²) >= 11 is 0. The van der Waals surface area contributed by atoms with Gasteiger partial charge in [-0.2, -0.15) is 23.4 Å². The molecule has 104 valence electrons. The number of hydrogen-bond acceptors (Lipinski definition) is 3. The lowest BCUT2D eigenvalue weighted by molar-refractivity contribution is -0.137. The van der Waals surface area contributed by atoms with E-state index in [1.54, 1.807) is 13.0 Å². The van der Waals surface area contributed by atoms with Crippen LogP contribution in [0.5, 0.6) is 5.75 Å². The molecule has 0 unspecified atom stereocenters. The fourth-order valence-electron chi connectivity index (χ4n) is 1.61. The highest BCUT2D eigenvalue weighted by Crippen LogP contribution is 2.32. The van der Waals surface area contributed by atoms with E-state index in [-0.39, 0.29) is 11.4 Å². The van der Waals surface area contributed by atoms with Crippen molar-refractivity contribution >= 4 is 11.4 Å². The Morgan fingerprint density at radius 2 is 1.75 bits per heavy atom. The van der Waals surface area contributed by atoms with Crippen molar-refractivity contribution in [3.05, 3.63) is 53.6 Å². The van der Waals surface area contributed by atoms with Gasteiger partial charge in [0.1, 0.15) is 5.75 Å². The van der Waals surface area contributed by atoms with Crippen LogP contribution in [0.2, 0.25) is 0 Å². The molecule has 0 aliphatic carbocycles. The van der Waals surface area contributed by atoms with E-state index in [0.717, 1.165) is 12.1 Å². The lowest BCUT2D eigenvalue weighted by Crippen LogP contribution is -2.03. The van der Waals surface area contributed by atoms with E-state index in [0.29, 0.717) is 11.3 Å². The minimum atomic E-state index is -4.40. The third-order valence-electron chi connectivity index (χ3n) is 2.63. The molecule has 0 aliphatic rings. The van der Waals surface area contributed by atoms with Gasteiger partial charge in [0.15, 0.2) is 0 Å². The number of benzene rings is 2. The molecule has 3 nitrogen and oxygen atoms in total. The molecule has 0 aromatic heterocycles. The Morgan fingerprint density at radius 3 is 2.40 bits per heavy atom. The number of azo groups is 1. The van der Waals surface area contributed by atoms with Crippen LogP contribution in [-0.4, -0.2) is 5.11 Å². The number of phenolic OH excluding ortho intramolecular Hbond substituents is 1. The van der Waals surface area contributed by atoms with E-state index in [1.165, 1.54) is 24.3 Å². The van der Waals surface area contributed by atoms with Crippen molar-refractivity contribution in [2.45, 2.75) is 13.1 Å². The number of nitrogens with zero attached hydrogens (tertiary/aromatic N) is 2. The Hall–Kier alpha value is -2.37. The number of aryl methyl sites for hydroxylation is 1. The average molecular weight is 280 g/mol. The zero-order valence-electron chi connectivity index (χ0n) is 10.5. The molecule has 0 saturated carbocycles. The van der Waals surface area contributed by atoms with Crippen LogP contribution in [0, 0.1) is 6.92 Å². The number of alkyl halides is 3. The summed E-state index contributed by atoms with van der Waals surface area (Å²) in [5.74, 6) is 0.0977. The SMILES string of the molecule is Cc1cc(O)ccc1N=Nc1cccc(C(F)(F)F)c1. The first-order chi connectivity index (χ1) is 9.36. The van der Waals surface area contributed by atoms with Gasteiger partial charge in [0.05, 0.1) is 16.9 Å². The molecule has 0 radical (unpaired) electrons. The maximum absolute atomic E-state index is 12.5. The van der Waals surface area contributed by atoms with Crippen LogP contribution in [0.3, 0.4) is 0 Å². The monoisotopic (exact) mass is 280 g/mol. The molecular weight excluding hydrogens is 269 g/mol. The Kier molecular flexibility index (Phi) is 3.74. The third-order valence-corrected chi connectivity index (χ3v) is 2.63. The summed E-state index contributed by atoms with van der Waals surface area (Å²) in [5, 5.41) is 16.9. The van der Waals surface area contributed by atoms with Crippen LogP contribution in [-0.2, 0) is 6.18 Å². The van der Waals surface area contributed by atoms with Crippen LogP contribution in [0.4, 0.5) is 24.5 Å². The molecule has 0 atom stereocenters.